The lowest BCUT2D eigenvalue weighted by Crippen LogP contribution is -2.23. The third kappa shape index (κ3) is 10.7. The van der Waals surface area contributed by atoms with Crippen molar-refractivity contribution < 1.29 is 34.4 Å². The molecule has 0 unspecified atom stereocenters. The molecule has 2 heterocycles. The highest BCUT2D eigenvalue weighted by atomic mass is 35.7. The maximum absolute atomic E-state index is 14.1. The average molecular weight is 830 g/mol. The quantitative estimate of drug-likeness (QED) is 0.0750. The number of sulfonamides is 1. The predicted molar refractivity (Wildman–Crippen MR) is 196 cm³/mol. The van der Waals surface area contributed by atoms with E-state index in [9.17, 15) is 44.0 Å². The van der Waals surface area contributed by atoms with E-state index in [2.05, 4.69) is 9.97 Å². The van der Waals surface area contributed by atoms with Gasteiger partial charge in [0, 0.05) is 46.3 Å². The van der Waals surface area contributed by atoms with Gasteiger partial charge in [-0.1, -0.05) is 83.9 Å². The number of nitrogen functional groups attached to an aromatic ring is 1. The Kier molecular flexibility index (Phi) is 13.1. The third-order valence-corrected chi connectivity index (χ3v) is 9.91. The summed E-state index contributed by atoms with van der Waals surface area (Å²) in [6.45, 7) is 0. The van der Waals surface area contributed by atoms with Gasteiger partial charge >= 0.3 is 0 Å². The molecule has 10 nitrogen and oxygen atoms in total. The van der Waals surface area contributed by atoms with Gasteiger partial charge in [0.2, 0.25) is 0 Å². The molecule has 0 aliphatic rings. The van der Waals surface area contributed by atoms with Crippen LogP contribution in [0, 0.1) is 23.3 Å². The summed E-state index contributed by atoms with van der Waals surface area (Å²) in [6, 6.07) is 22.7. The summed E-state index contributed by atoms with van der Waals surface area (Å²) >= 11 is 11.1. The molecule has 19 heteroatoms. The lowest BCUT2D eigenvalue weighted by atomic mass is 10.0. The van der Waals surface area contributed by atoms with Crippen molar-refractivity contribution in [1.82, 2.24) is 9.97 Å². The van der Waals surface area contributed by atoms with E-state index >= 15 is 0 Å². The Morgan fingerprint density at radius 2 is 1.02 bits per heavy atom. The molecular weight excluding hydrogens is 807 g/mol. The first-order chi connectivity index (χ1) is 24.9. The van der Waals surface area contributed by atoms with E-state index in [1.807, 2.05) is 10.8 Å². The second kappa shape index (κ2) is 17.1. The topological polar surface area (TPSA) is 172 Å². The number of H-pyrrole nitrogens is 2. The minimum atomic E-state index is -4.44. The van der Waals surface area contributed by atoms with Crippen LogP contribution < -0.4 is 21.6 Å². The van der Waals surface area contributed by atoms with Crippen LogP contribution in [0.4, 0.5) is 28.9 Å². The zero-order chi connectivity index (χ0) is 39.1. The molecule has 6 aromatic rings. The summed E-state index contributed by atoms with van der Waals surface area (Å²) in [4.78, 5) is 25.6. The van der Waals surface area contributed by atoms with Gasteiger partial charge in [-0.25, -0.2) is 34.4 Å². The van der Waals surface area contributed by atoms with E-state index < -0.39 is 68.9 Å². The highest BCUT2D eigenvalue weighted by Gasteiger charge is 2.22. The van der Waals surface area contributed by atoms with Gasteiger partial charge in [0.05, 0.1) is 21.4 Å². The Morgan fingerprint density at radius 1 is 0.585 bits per heavy atom. The van der Waals surface area contributed by atoms with E-state index in [0.29, 0.717) is 22.8 Å². The minimum absolute atomic E-state index is 0.00436. The Labute approximate surface area is 313 Å². The molecule has 2 aromatic heterocycles. The highest BCUT2D eigenvalue weighted by Crippen LogP contribution is 2.30. The first-order valence-corrected chi connectivity index (χ1v) is 19.0. The second-order valence-corrected chi connectivity index (χ2v) is 15.5. The first-order valence-electron chi connectivity index (χ1n) is 14.5. The zero-order valence-corrected chi connectivity index (χ0v) is 30.3. The van der Waals surface area contributed by atoms with Crippen molar-refractivity contribution in [2.45, 2.75) is 9.79 Å². The van der Waals surface area contributed by atoms with E-state index in [1.165, 1.54) is 12.3 Å². The number of rotatable bonds is 6. The third-order valence-electron chi connectivity index (χ3n) is 6.78. The van der Waals surface area contributed by atoms with Crippen LogP contribution in [-0.4, -0.2) is 26.8 Å². The number of pyridine rings is 2. The number of aromatic nitrogens is 2. The normalized spacial score (nSPS) is 11.1. The summed E-state index contributed by atoms with van der Waals surface area (Å²) in [7, 11) is -3.52. The fraction of sp³-hybridized carbons (Fsp3) is 0. The van der Waals surface area contributed by atoms with Crippen LogP contribution in [0.25, 0.3) is 22.3 Å². The fourth-order valence-corrected chi connectivity index (χ4v) is 6.82. The van der Waals surface area contributed by atoms with Crippen LogP contribution in [0.5, 0.6) is 0 Å². The summed E-state index contributed by atoms with van der Waals surface area (Å²) < 4.78 is 103. The van der Waals surface area contributed by atoms with Gasteiger partial charge in [0.15, 0.2) is 4.90 Å². The molecule has 0 aliphatic carbocycles. The van der Waals surface area contributed by atoms with E-state index in [0.717, 1.165) is 30.5 Å². The monoisotopic (exact) mass is 828 g/mol. The summed E-state index contributed by atoms with van der Waals surface area (Å²) in [5, 5.41) is 0.0864. The van der Waals surface area contributed by atoms with Crippen molar-refractivity contribution in [2.24, 2.45) is 0 Å². The van der Waals surface area contributed by atoms with Crippen LogP contribution in [-0.2, 0) is 19.1 Å². The summed E-state index contributed by atoms with van der Waals surface area (Å²) in [5.41, 5.74) is 4.57. The van der Waals surface area contributed by atoms with Crippen molar-refractivity contribution in [2.75, 3.05) is 10.5 Å². The number of benzene rings is 4. The maximum Gasteiger partial charge on any atom is 0.268 e. The Hall–Kier alpha value is -5.13. The number of aromatic amines is 2. The van der Waals surface area contributed by atoms with Gasteiger partial charge in [-0.2, -0.15) is 0 Å². The van der Waals surface area contributed by atoms with Crippen LogP contribution in [0.1, 0.15) is 0 Å². The molecule has 0 radical (unpaired) electrons. The number of hydrogen-bond acceptors (Lipinski definition) is 7. The van der Waals surface area contributed by atoms with Crippen molar-refractivity contribution in [1.29, 1.82) is 0 Å². The molecule has 4 aromatic carbocycles. The Balaban J connectivity index is 0.000000196. The van der Waals surface area contributed by atoms with Crippen molar-refractivity contribution in [3.63, 3.8) is 0 Å². The Morgan fingerprint density at radius 3 is 1.49 bits per heavy atom. The van der Waals surface area contributed by atoms with Crippen LogP contribution in [0.3, 0.4) is 0 Å². The molecular formula is C34H23Cl3F4N4O6S2. The molecule has 0 saturated carbocycles. The van der Waals surface area contributed by atoms with Crippen LogP contribution >= 0.6 is 33.9 Å². The van der Waals surface area contributed by atoms with Crippen LogP contribution in [0.2, 0.25) is 10.0 Å². The van der Waals surface area contributed by atoms with Gasteiger partial charge in [-0.05, 0) is 35.4 Å². The predicted octanol–water partition coefficient (Wildman–Crippen LogP) is 7.94. The molecule has 0 amide bonds. The molecule has 0 aliphatic heterocycles. The van der Waals surface area contributed by atoms with Gasteiger partial charge < -0.3 is 15.7 Å². The molecule has 5 N–H and O–H groups in total. The van der Waals surface area contributed by atoms with Gasteiger partial charge in [0.1, 0.15) is 28.2 Å². The molecule has 0 fully saturated rings. The highest BCUT2D eigenvalue weighted by molar-refractivity contribution is 8.13. The molecule has 0 atom stereocenters. The molecule has 0 spiro atoms. The van der Waals surface area contributed by atoms with Gasteiger partial charge in [-0.3, -0.25) is 14.3 Å². The smallest absolute Gasteiger partial charge is 0.268 e. The lowest BCUT2D eigenvalue weighted by Gasteiger charge is -2.11. The number of nitrogens with one attached hydrogen (secondary N) is 3. The van der Waals surface area contributed by atoms with Crippen LogP contribution in [0.15, 0.2) is 129 Å². The minimum Gasteiger partial charge on any atom is -0.396 e. The fourth-order valence-electron chi connectivity index (χ4n) is 4.33. The van der Waals surface area contributed by atoms with E-state index in [-0.39, 0.29) is 21.3 Å². The zero-order valence-electron chi connectivity index (χ0n) is 26.4. The lowest BCUT2D eigenvalue weighted by molar-refractivity contribution is 0.584. The first kappa shape index (κ1) is 40.6. The summed E-state index contributed by atoms with van der Waals surface area (Å²) in [6.07, 6.45) is 2.30. The van der Waals surface area contributed by atoms with E-state index in [1.54, 1.807) is 54.6 Å². The number of nitrogens with two attached hydrogens (primary N) is 1. The average Bonchev–Trinajstić information content (AvgIpc) is 3.10. The number of hydrogen-bond donors (Lipinski definition) is 4. The van der Waals surface area contributed by atoms with Crippen molar-refractivity contribution in [3.8, 4) is 22.3 Å². The van der Waals surface area contributed by atoms with Crippen molar-refractivity contribution >= 4 is 64.3 Å². The molecule has 0 bridgehead atoms. The maximum atomic E-state index is 14.1. The second-order valence-electron chi connectivity index (χ2n) is 10.5. The van der Waals surface area contributed by atoms with Gasteiger partial charge in [-0.15, -0.1) is 0 Å². The molecule has 276 valence electrons. The standard InChI is InChI=1S/C17H11ClF2N2O3S.C12H9F2N.C5H3Cl2NO3S/c18-11-6-16(17(23)21-9-11)26(24,25)22-15-7-12(13(19)8-14(15)20)10-4-2-1-3-5-10;13-10-7-11(14)12(15)6-9(10)8-4-2-1-3-5-8;6-3-1-4(12(7,10)11)5(9)8-2-3/h1-9,22H,(H,21,23);1-7H,15H2;1-2H,(H,8,9). The van der Waals surface area contributed by atoms with Gasteiger partial charge in [0.25, 0.3) is 30.2 Å². The number of anilines is 2. The molecule has 6 rings (SSSR count). The molecule has 53 heavy (non-hydrogen) atoms. The Bertz CT molecular complexity index is 2620. The number of halogens is 7. The summed E-state index contributed by atoms with van der Waals surface area (Å²) in [5.74, 6) is -3.30. The van der Waals surface area contributed by atoms with E-state index in [4.69, 9.17) is 39.6 Å². The molecule has 0 saturated heterocycles. The largest absolute Gasteiger partial charge is 0.396 e. The SMILES string of the molecule is Nc1cc(-c2ccccc2)c(F)cc1F.O=c1[nH]cc(Cl)cc1S(=O)(=O)Cl.O=c1[nH]cc(Cl)cc1S(=O)(=O)Nc1cc(-c2ccccc2)c(F)cc1F. The van der Waals surface area contributed by atoms with Crippen molar-refractivity contribution in [3.05, 3.63) is 163 Å².